The Hall–Kier alpha value is -1.55. The van der Waals surface area contributed by atoms with Gasteiger partial charge in [0.2, 0.25) is 5.91 Å². The molecule has 19 heavy (non-hydrogen) atoms. The highest BCUT2D eigenvalue weighted by Crippen LogP contribution is 2.28. The first-order valence-corrected chi connectivity index (χ1v) is 6.83. The van der Waals surface area contributed by atoms with Crippen molar-refractivity contribution in [2.24, 2.45) is 0 Å². The van der Waals surface area contributed by atoms with Crippen LogP contribution in [-0.4, -0.2) is 44.1 Å². The highest BCUT2D eigenvalue weighted by atomic mass is 16.5. The van der Waals surface area contributed by atoms with E-state index in [1.54, 1.807) is 7.11 Å². The Morgan fingerprint density at radius 1 is 1.37 bits per heavy atom. The van der Waals surface area contributed by atoms with Crippen molar-refractivity contribution in [1.29, 1.82) is 0 Å². The molecule has 1 heterocycles. The van der Waals surface area contributed by atoms with Crippen LogP contribution >= 0.6 is 0 Å². The third-order valence-corrected chi connectivity index (χ3v) is 3.62. The molecule has 1 N–H and O–H groups in total. The van der Waals surface area contributed by atoms with Gasteiger partial charge in [0.1, 0.15) is 5.75 Å². The summed E-state index contributed by atoms with van der Waals surface area (Å²) in [6.07, 6.45) is 0.542. The highest BCUT2D eigenvalue weighted by molar-refractivity contribution is 5.77. The summed E-state index contributed by atoms with van der Waals surface area (Å²) in [4.78, 5) is 14.2. The summed E-state index contributed by atoms with van der Waals surface area (Å²) in [6, 6.07) is 7.92. The molecule has 1 aromatic carbocycles. The molecule has 1 saturated heterocycles. The molecule has 0 spiro atoms. The van der Waals surface area contributed by atoms with Crippen LogP contribution in [0.25, 0.3) is 0 Å². The lowest BCUT2D eigenvalue weighted by molar-refractivity contribution is -0.132. The summed E-state index contributed by atoms with van der Waals surface area (Å²) < 4.78 is 5.36. The molecule has 104 valence electrons. The molecule has 1 atom stereocenters. The Balaban J connectivity index is 1.99. The molecule has 1 aliphatic rings. The Kier molecular flexibility index (Phi) is 4.80. The number of para-hydroxylation sites is 1. The van der Waals surface area contributed by atoms with E-state index in [1.807, 2.05) is 29.2 Å². The molecular formula is C15H22N2O2. The maximum atomic E-state index is 12.2. The van der Waals surface area contributed by atoms with Crippen molar-refractivity contribution in [1.82, 2.24) is 10.2 Å². The van der Waals surface area contributed by atoms with Crippen molar-refractivity contribution in [2.75, 3.05) is 33.3 Å². The number of rotatable bonds is 4. The van der Waals surface area contributed by atoms with Crippen molar-refractivity contribution in [3.8, 4) is 5.75 Å². The lowest BCUT2D eigenvalue weighted by Crippen LogP contribution is -2.46. The van der Waals surface area contributed by atoms with Crippen LogP contribution in [-0.2, 0) is 4.79 Å². The van der Waals surface area contributed by atoms with E-state index in [-0.39, 0.29) is 11.8 Å². The van der Waals surface area contributed by atoms with E-state index in [2.05, 4.69) is 12.2 Å². The van der Waals surface area contributed by atoms with Gasteiger partial charge in [-0.25, -0.2) is 0 Å². The summed E-state index contributed by atoms with van der Waals surface area (Å²) in [5.41, 5.74) is 1.11. The smallest absolute Gasteiger partial charge is 0.223 e. The van der Waals surface area contributed by atoms with Crippen LogP contribution in [0.5, 0.6) is 5.75 Å². The first kappa shape index (κ1) is 13.9. The van der Waals surface area contributed by atoms with Gasteiger partial charge in [-0.2, -0.15) is 0 Å². The number of piperazine rings is 1. The van der Waals surface area contributed by atoms with Gasteiger partial charge in [0.15, 0.2) is 0 Å². The van der Waals surface area contributed by atoms with Crippen molar-refractivity contribution in [2.45, 2.75) is 19.3 Å². The van der Waals surface area contributed by atoms with Crippen LogP contribution in [0, 0.1) is 0 Å². The first-order chi connectivity index (χ1) is 9.22. The summed E-state index contributed by atoms with van der Waals surface area (Å²) in [7, 11) is 1.67. The minimum atomic E-state index is 0.179. The third kappa shape index (κ3) is 3.47. The second-order valence-corrected chi connectivity index (χ2v) is 4.98. The number of ether oxygens (including phenoxy) is 1. The van der Waals surface area contributed by atoms with E-state index in [0.29, 0.717) is 6.42 Å². The van der Waals surface area contributed by atoms with E-state index < -0.39 is 0 Å². The molecular weight excluding hydrogens is 240 g/mol. The fourth-order valence-corrected chi connectivity index (χ4v) is 2.49. The summed E-state index contributed by atoms with van der Waals surface area (Å²) >= 11 is 0. The van der Waals surface area contributed by atoms with Crippen LogP contribution < -0.4 is 10.1 Å². The monoisotopic (exact) mass is 262 g/mol. The Labute approximate surface area is 114 Å². The van der Waals surface area contributed by atoms with Crippen molar-refractivity contribution in [3.05, 3.63) is 29.8 Å². The van der Waals surface area contributed by atoms with Gasteiger partial charge in [0.25, 0.3) is 0 Å². The first-order valence-electron chi connectivity index (χ1n) is 6.83. The second kappa shape index (κ2) is 6.57. The van der Waals surface area contributed by atoms with Crippen LogP contribution in [0.2, 0.25) is 0 Å². The highest BCUT2D eigenvalue weighted by Gasteiger charge is 2.20. The van der Waals surface area contributed by atoms with Gasteiger partial charge in [0, 0.05) is 32.6 Å². The molecule has 0 bridgehead atoms. The number of nitrogens with one attached hydrogen (secondary N) is 1. The SMILES string of the molecule is COc1ccccc1[C@H](C)CC(=O)N1CCNCC1. The molecule has 2 rings (SSSR count). The van der Waals surface area contributed by atoms with Crippen molar-refractivity contribution in [3.63, 3.8) is 0 Å². The molecule has 0 radical (unpaired) electrons. The zero-order valence-electron chi connectivity index (χ0n) is 11.7. The molecule has 0 unspecified atom stereocenters. The van der Waals surface area contributed by atoms with Gasteiger partial charge in [-0.3, -0.25) is 4.79 Å². The van der Waals surface area contributed by atoms with Crippen LogP contribution in [0.15, 0.2) is 24.3 Å². The van der Waals surface area contributed by atoms with Gasteiger partial charge in [0.05, 0.1) is 7.11 Å². The van der Waals surface area contributed by atoms with E-state index in [9.17, 15) is 4.79 Å². The fraction of sp³-hybridized carbons (Fsp3) is 0.533. The normalized spacial score (nSPS) is 17.1. The van der Waals surface area contributed by atoms with Crippen LogP contribution in [0.3, 0.4) is 0 Å². The third-order valence-electron chi connectivity index (χ3n) is 3.62. The minimum absolute atomic E-state index is 0.179. The Morgan fingerprint density at radius 2 is 2.05 bits per heavy atom. The van der Waals surface area contributed by atoms with Gasteiger partial charge in [-0.15, -0.1) is 0 Å². The molecule has 1 amide bonds. The zero-order chi connectivity index (χ0) is 13.7. The molecule has 4 heteroatoms. The zero-order valence-corrected chi connectivity index (χ0v) is 11.7. The summed E-state index contributed by atoms with van der Waals surface area (Å²) in [6.45, 7) is 5.51. The van der Waals surface area contributed by atoms with E-state index in [4.69, 9.17) is 4.74 Å². The van der Waals surface area contributed by atoms with E-state index >= 15 is 0 Å². The topological polar surface area (TPSA) is 41.6 Å². The van der Waals surface area contributed by atoms with Crippen LogP contribution in [0.1, 0.15) is 24.8 Å². The van der Waals surface area contributed by atoms with Gasteiger partial charge in [-0.1, -0.05) is 25.1 Å². The van der Waals surface area contributed by atoms with Gasteiger partial charge >= 0.3 is 0 Å². The predicted molar refractivity (Wildman–Crippen MR) is 75.5 cm³/mol. The Bertz CT molecular complexity index is 428. The quantitative estimate of drug-likeness (QED) is 0.896. The number of nitrogens with zero attached hydrogens (tertiary/aromatic N) is 1. The summed E-state index contributed by atoms with van der Waals surface area (Å²) in [5, 5.41) is 3.26. The number of methoxy groups -OCH3 is 1. The summed E-state index contributed by atoms with van der Waals surface area (Å²) in [5.74, 6) is 1.28. The van der Waals surface area contributed by atoms with Crippen LogP contribution in [0.4, 0.5) is 0 Å². The van der Waals surface area contributed by atoms with E-state index in [1.165, 1.54) is 0 Å². The molecule has 0 aromatic heterocycles. The Morgan fingerprint density at radius 3 is 2.74 bits per heavy atom. The largest absolute Gasteiger partial charge is 0.496 e. The number of amides is 1. The number of carbonyl (C=O) groups excluding carboxylic acids is 1. The van der Waals surface area contributed by atoms with E-state index in [0.717, 1.165) is 37.5 Å². The average molecular weight is 262 g/mol. The van der Waals surface area contributed by atoms with Gasteiger partial charge in [-0.05, 0) is 17.5 Å². The number of benzene rings is 1. The molecule has 1 fully saturated rings. The minimum Gasteiger partial charge on any atom is -0.496 e. The standard InChI is InChI=1S/C15H22N2O2/c1-12(13-5-3-4-6-14(13)19-2)11-15(18)17-9-7-16-8-10-17/h3-6,12,16H,7-11H2,1-2H3/t12-/m1/s1. The maximum Gasteiger partial charge on any atom is 0.223 e. The fourth-order valence-electron chi connectivity index (χ4n) is 2.49. The van der Waals surface area contributed by atoms with Crippen molar-refractivity contribution >= 4 is 5.91 Å². The van der Waals surface area contributed by atoms with Crippen molar-refractivity contribution < 1.29 is 9.53 Å². The number of carbonyl (C=O) groups is 1. The molecule has 0 aliphatic carbocycles. The predicted octanol–water partition coefficient (Wildman–Crippen LogP) is 1.62. The lowest BCUT2D eigenvalue weighted by Gasteiger charge is -2.28. The van der Waals surface area contributed by atoms with Gasteiger partial charge < -0.3 is 15.0 Å². The molecule has 4 nitrogen and oxygen atoms in total. The molecule has 1 aliphatic heterocycles. The lowest BCUT2D eigenvalue weighted by atomic mass is 9.96. The molecule has 1 aromatic rings. The molecule has 0 saturated carbocycles. The second-order valence-electron chi connectivity index (χ2n) is 4.98. The maximum absolute atomic E-state index is 12.2. The number of hydrogen-bond acceptors (Lipinski definition) is 3. The average Bonchev–Trinajstić information content (AvgIpc) is 2.48. The number of hydrogen-bond donors (Lipinski definition) is 1.